The van der Waals surface area contributed by atoms with E-state index in [0.29, 0.717) is 21.6 Å². The second-order valence-electron chi connectivity index (χ2n) is 7.18. The highest BCUT2D eigenvalue weighted by atomic mass is 35.5. The van der Waals surface area contributed by atoms with E-state index in [1.807, 2.05) is 24.3 Å². The molecule has 1 atom stereocenters. The SMILES string of the molecule is CCN1CCc2c(sc3c2C(=O)N[C@H](c2ccc(-c4cccc(Cl)c4Cl)o2)N3)C1. The van der Waals surface area contributed by atoms with Crippen molar-refractivity contribution in [2.75, 3.05) is 18.4 Å². The molecule has 29 heavy (non-hydrogen) atoms. The lowest BCUT2D eigenvalue weighted by Gasteiger charge is -2.27. The monoisotopic (exact) mass is 447 g/mol. The average Bonchev–Trinajstić information content (AvgIpc) is 3.34. The highest BCUT2D eigenvalue weighted by Crippen LogP contribution is 2.41. The first-order chi connectivity index (χ1) is 14.0. The van der Waals surface area contributed by atoms with E-state index in [1.165, 1.54) is 10.4 Å². The first-order valence-corrected chi connectivity index (χ1v) is 11.1. The quantitative estimate of drug-likeness (QED) is 0.552. The molecule has 0 saturated carbocycles. The lowest BCUT2D eigenvalue weighted by Crippen LogP contribution is -2.38. The third kappa shape index (κ3) is 3.24. The molecule has 5 nitrogen and oxygen atoms in total. The molecule has 1 aromatic carbocycles. The minimum absolute atomic E-state index is 0.0510. The molecule has 4 heterocycles. The minimum Gasteiger partial charge on any atom is -0.457 e. The predicted octanol–water partition coefficient (Wildman–Crippen LogP) is 5.55. The number of hydrogen-bond acceptors (Lipinski definition) is 5. The molecule has 2 N–H and O–H groups in total. The summed E-state index contributed by atoms with van der Waals surface area (Å²) in [6, 6.07) is 9.11. The highest BCUT2D eigenvalue weighted by molar-refractivity contribution is 7.16. The van der Waals surface area contributed by atoms with E-state index >= 15 is 0 Å². The topological polar surface area (TPSA) is 57.5 Å². The van der Waals surface area contributed by atoms with Crippen LogP contribution in [0.4, 0.5) is 5.00 Å². The van der Waals surface area contributed by atoms with Gasteiger partial charge in [-0.15, -0.1) is 11.3 Å². The number of nitrogens with zero attached hydrogens (tertiary/aromatic N) is 1. The molecule has 0 unspecified atom stereocenters. The van der Waals surface area contributed by atoms with Crippen molar-refractivity contribution in [1.29, 1.82) is 0 Å². The van der Waals surface area contributed by atoms with Gasteiger partial charge in [0, 0.05) is 23.5 Å². The van der Waals surface area contributed by atoms with Crippen molar-refractivity contribution in [2.24, 2.45) is 0 Å². The fraction of sp³-hybridized carbons (Fsp3) is 0.286. The summed E-state index contributed by atoms with van der Waals surface area (Å²) in [7, 11) is 0. The maximum absolute atomic E-state index is 12.9. The van der Waals surface area contributed by atoms with Crippen molar-refractivity contribution in [1.82, 2.24) is 10.2 Å². The maximum Gasteiger partial charge on any atom is 0.256 e. The second-order valence-corrected chi connectivity index (χ2v) is 9.07. The van der Waals surface area contributed by atoms with Crippen LogP contribution in [0, 0.1) is 0 Å². The Kier molecular flexibility index (Phi) is 4.82. The Balaban J connectivity index is 1.44. The van der Waals surface area contributed by atoms with Gasteiger partial charge < -0.3 is 15.1 Å². The van der Waals surface area contributed by atoms with Crippen molar-refractivity contribution >= 4 is 45.4 Å². The molecular formula is C21H19Cl2N3O2S. The molecule has 0 radical (unpaired) electrons. The third-order valence-electron chi connectivity index (χ3n) is 5.49. The number of likely N-dealkylation sites (N-methyl/N-ethyl adjacent to an activating group) is 1. The third-order valence-corrected chi connectivity index (χ3v) is 7.46. The van der Waals surface area contributed by atoms with E-state index in [-0.39, 0.29) is 5.91 Å². The zero-order valence-electron chi connectivity index (χ0n) is 15.7. The molecular weight excluding hydrogens is 429 g/mol. The number of nitrogens with one attached hydrogen (secondary N) is 2. The normalized spacial score (nSPS) is 18.7. The van der Waals surface area contributed by atoms with Gasteiger partial charge >= 0.3 is 0 Å². The average molecular weight is 448 g/mol. The lowest BCUT2D eigenvalue weighted by atomic mass is 10.0. The van der Waals surface area contributed by atoms with Gasteiger partial charge in [0.15, 0.2) is 6.17 Å². The molecule has 2 aromatic heterocycles. The van der Waals surface area contributed by atoms with E-state index in [4.69, 9.17) is 27.6 Å². The van der Waals surface area contributed by atoms with E-state index in [0.717, 1.165) is 42.2 Å². The Morgan fingerprint density at radius 3 is 2.93 bits per heavy atom. The number of furan rings is 1. The number of benzene rings is 1. The molecule has 0 fully saturated rings. The van der Waals surface area contributed by atoms with Crippen LogP contribution in [0.15, 0.2) is 34.7 Å². The number of thiophene rings is 1. The van der Waals surface area contributed by atoms with Crippen molar-refractivity contribution in [3.05, 3.63) is 62.1 Å². The Labute approximate surface area is 182 Å². The van der Waals surface area contributed by atoms with E-state index < -0.39 is 6.17 Å². The summed E-state index contributed by atoms with van der Waals surface area (Å²) in [6.07, 6.45) is 0.483. The Morgan fingerprint density at radius 1 is 1.24 bits per heavy atom. The minimum atomic E-state index is -0.427. The number of carbonyl (C=O) groups is 1. The van der Waals surface area contributed by atoms with Gasteiger partial charge in [-0.3, -0.25) is 9.69 Å². The maximum atomic E-state index is 12.9. The van der Waals surface area contributed by atoms with Crippen LogP contribution in [0.25, 0.3) is 11.3 Å². The highest BCUT2D eigenvalue weighted by Gasteiger charge is 2.34. The largest absolute Gasteiger partial charge is 0.457 e. The van der Waals surface area contributed by atoms with Gasteiger partial charge in [0.05, 0.1) is 15.6 Å². The lowest BCUT2D eigenvalue weighted by molar-refractivity contribution is 0.0930. The zero-order valence-corrected chi connectivity index (χ0v) is 18.0. The summed E-state index contributed by atoms with van der Waals surface area (Å²) in [4.78, 5) is 16.6. The summed E-state index contributed by atoms with van der Waals surface area (Å²) in [6.45, 7) is 5.08. The first kappa shape index (κ1) is 19.0. The van der Waals surface area contributed by atoms with E-state index in [9.17, 15) is 4.79 Å². The number of rotatable bonds is 3. The van der Waals surface area contributed by atoms with Crippen LogP contribution in [0.2, 0.25) is 10.0 Å². The number of hydrogen-bond donors (Lipinski definition) is 2. The summed E-state index contributed by atoms with van der Waals surface area (Å²) in [5.74, 6) is 1.18. The molecule has 2 aliphatic rings. The van der Waals surface area contributed by atoms with Crippen molar-refractivity contribution < 1.29 is 9.21 Å². The molecule has 0 spiro atoms. The summed E-state index contributed by atoms with van der Waals surface area (Å²) < 4.78 is 6.02. The van der Waals surface area contributed by atoms with Crippen LogP contribution in [0.3, 0.4) is 0 Å². The second kappa shape index (κ2) is 7.36. The van der Waals surface area contributed by atoms with Gasteiger partial charge in [-0.25, -0.2) is 0 Å². The Morgan fingerprint density at radius 2 is 2.10 bits per heavy atom. The van der Waals surface area contributed by atoms with Gasteiger partial charge in [0.2, 0.25) is 0 Å². The number of carbonyl (C=O) groups excluding carboxylic acids is 1. The number of anilines is 1. The van der Waals surface area contributed by atoms with Crippen molar-refractivity contribution in [2.45, 2.75) is 26.1 Å². The first-order valence-electron chi connectivity index (χ1n) is 9.53. The van der Waals surface area contributed by atoms with Gasteiger partial charge in [0.1, 0.15) is 16.5 Å². The van der Waals surface area contributed by atoms with Gasteiger partial charge in [-0.2, -0.15) is 0 Å². The van der Waals surface area contributed by atoms with Gasteiger partial charge in [-0.1, -0.05) is 36.2 Å². The standard InChI is InChI=1S/C21H19Cl2N3O2S/c1-2-26-9-8-12-16(10-26)29-21-17(12)20(27)24-19(25-21)15-7-6-14(28-15)11-4-3-5-13(22)18(11)23/h3-7,19,25H,2,8-10H2,1H3,(H,24,27)/t19-/m0/s1. The van der Waals surface area contributed by atoms with Crippen molar-refractivity contribution in [3.8, 4) is 11.3 Å². The molecule has 0 bridgehead atoms. The number of fused-ring (bicyclic) bond motifs is 3. The summed E-state index contributed by atoms with van der Waals surface area (Å²) in [5, 5.41) is 8.31. The van der Waals surface area contributed by atoms with Gasteiger partial charge in [0.25, 0.3) is 5.91 Å². The van der Waals surface area contributed by atoms with Crippen LogP contribution < -0.4 is 10.6 Å². The Bertz CT molecular complexity index is 1110. The summed E-state index contributed by atoms with van der Waals surface area (Å²) >= 11 is 14.1. The van der Waals surface area contributed by atoms with Crippen LogP contribution in [0.5, 0.6) is 0 Å². The summed E-state index contributed by atoms with van der Waals surface area (Å²) in [5.41, 5.74) is 2.70. The molecule has 150 valence electrons. The molecule has 0 aliphatic carbocycles. The van der Waals surface area contributed by atoms with Crippen LogP contribution >= 0.6 is 34.5 Å². The molecule has 8 heteroatoms. The molecule has 1 amide bonds. The number of amides is 1. The molecule has 3 aromatic rings. The zero-order chi connectivity index (χ0) is 20.1. The van der Waals surface area contributed by atoms with Crippen molar-refractivity contribution in [3.63, 3.8) is 0 Å². The molecule has 2 aliphatic heterocycles. The molecule has 0 saturated heterocycles. The van der Waals surface area contributed by atoms with Gasteiger partial charge in [-0.05, 0) is 42.8 Å². The fourth-order valence-electron chi connectivity index (χ4n) is 3.93. The Hall–Kier alpha value is -1.99. The van der Waals surface area contributed by atoms with E-state index in [1.54, 1.807) is 17.4 Å². The van der Waals surface area contributed by atoms with E-state index in [2.05, 4.69) is 22.5 Å². The smallest absolute Gasteiger partial charge is 0.256 e. The fourth-order valence-corrected chi connectivity index (χ4v) is 5.64. The van der Waals surface area contributed by atoms with Crippen LogP contribution in [0.1, 0.15) is 39.6 Å². The number of halogens is 2. The van der Waals surface area contributed by atoms with Crippen LogP contribution in [-0.2, 0) is 13.0 Å². The molecule has 5 rings (SSSR count). The predicted molar refractivity (Wildman–Crippen MR) is 117 cm³/mol. The van der Waals surface area contributed by atoms with Crippen LogP contribution in [-0.4, -0.2) is 23.9 Å².